The van der Waals surface area contributed by atoms with Crippen molar-refractivity contribution in [1.82, 2.24) is 5.32 Å². The summed E-state index contributed by atoms with van der Waals surface area (Å²) >= 11 is 0. The molecule has 1 N–H and O–H groups in total. The van der Waals surface area contributed by atoms with Crippen LogP contribution in [-0.4, -0.2) is 24.8 Å². The van der Waals surface area contributed by atoms with Crippen molar-refractivity contribution >= 4 is 0 Å². The molecule has 0 aromatic heterocycles. The summed E-state index contributed by atoms with van der Waals surface area (Å²) in [6, 6.07) is 1.11. The van der Waals surface area contributed by atoms with Gasteiger partial charge in [0, 0.05) is 12.1 Å². The SMILES string of the molecule is CC(C)NC1C(C)COC1C. The number of nitrogens with one attached hydrogen (secondary N) is 1. The fourth-order valence-corrected chi connectivity index (χ4v) is 1.66. The van der Waals surface area contributed by atoms with Gasteiger partial charge in [-0.1, -0.05) is 20.8 Å². The van der Waals surface area contributed by atoms with Gasteiger partial charge in [0.1, 0.15) is 0 Å². The molecule has 1 heterocycles. The second-order valence-corrected chi connectivity index (χ2v) is 3.86. The van der Waals surface area contributed by atoms with Crippen LogP contribution in [-0.2, 0) is 4.74 Å². The molecule has 1 rings (SSSR count). The van der Waals surface area contributed by atoms with Crippen molar-refractivity contribution in [2.45, 2.75) is 45.9 Å². The zero-order chi connectivity index (χ0) is 8.43. The average molecular weight is 157 g/mol. The van der Waals surface area contributed by atoms with Crippen molar-refractivity contribution < 1.29 is 4.74 Å². The van der Waals surface area contributed by atoms with Crippen molar-refractivity contribution in [1.29, 1.82) is 0 Å². The lowest BCUT2D eigenvalue weighted by molar-refractivity contribution is 0.110. The van der Waals surface area contributed by atoms with Gasteiger partial charge in [-0.25, -0.2) is 0 Å². The summed E-state index contributed by atoms with van der Waals surface area (Å²) in [4.78, 5) is 0. The standard InChI is InChI=1S/C9H19NO/c1-6(2)10-9-7(3)5-11-8(9)4/h6-10H,5H2,1-4H3. The summed E-state index contributed by atoms with van der Waals surface area (Å²) < 4.78 is 5.52. The predicted molar refractivity (Wildman–Crippen MR) is 46.6 cm³/mol. The van der Waals surface area contributed by atoms with Gasteiger partial charge in [0.05, 0.1) is 12.7 Å². The molecule has 1 fully saturated rings. The van der Waals surface area contributed by atoms with E-state index in [0.717, 1.165) is 6.61 Å². The predicted octanol–water partition coefficient (Wildman–Crippen LogP) is 1.41. The minimum absolute atomic E-state index is 0.382. The molecule has 3 atom stereocenters. The van der Waals surface area contributed by atoms with E-state index in [1.807, 2.05) is 0 Å². The van der Waals surface area contributed by atoms with Crippen LogP contribution in [0, 0.1) is 5.92 Å². The molecule has 3 unspecified atom stereocenters. The van der Waals surface area contributed by atoms with Crippen LogP contribution in [0.4, 0.5) is 0 Å². The van der Waals surface area contributed by atoms with Gasteiger partial charge in [0.2, 0.25) is 0 Å². The Hall–Kier alpha value is -0.0800. The maximum Gasteiger partial charge on any atom is 0.0703 e. The molecule has 0 aromatic rings. The lowest BCUT2D eigenvalue weighted by Gasteiger charge is -2.22. The van der Waals surface area contributed by atoms with Gasteiger partial charge in [0.25, 0.3) is 0 Å². The van der Waals surface area contributed by atoms with Crippen LogP contribution in [0.25, 0.3) is 0 Å². The average Bonchev–Trinajstić information content (AvgIpc) is 2.18. The van der Waals surface area contributed by atoms with E-state index in [1.165, 1.54) is 0 Å². The first kappa shape index (κ1) is 9.01. The third-order valence-corrected chi connectivity index (χ3v) is 2.27. The monoisotopic (exact) mass is 157 g/mol. The molecule has 0 spiro atoms. The smallest absolute Gasteiger partial charge is 0.0703 e. The molecule has 1 aliphatic rings. The summed E-state index contributed by atoms with van der Waals surface area (Å²) in [5.74, 6) is 0.660. The van der Waals surface area contributed by atoms with Gasteiger partial charge >= 0.3 is 0 Å². The van der Waals surface area contributed by atoms with Crippen molar-refractivity contribution in [3.8, 4) is 0 Å². The van der Waals surface area contributed by atoms with Crippen LogP contribution in [0.3, 0.4) is 0 Å². The van der Waals surface area contributed by atoms with Crippen molar-refractivity contribution in [2.75, 3.05) is 6.61 Å². The molecule has 0 aromatic carbocycles. The van der Waals surface area contributed by atoms with E-state index >= 15 is 0 Å². The quantitative estimate of drug-likeness (QED) is 0.654. The van der Waals surface area contributed by atoms with Crippen molar-refractivity contribution in [3.63, 3.8) is 0 Å². The lowest BCUT2D eigenvalue weighted by atomic mass is 10.0. The van der Waals surface area contributed by atoms with Crippen LogP contribution in [0.15, 0.2) is 0 Å². The van der Waals surface area contributed by atoms with Gasteiger partial charge < -0.3 is 10.1 Å². The van der Waals surface area contributed by atoms with E-state index in [0.29, 0.717) is 24.1 Å². The fourth-order valence-electron chi connectivity index (χ4n) is 1.66. The summed E-state index contributed by atoms with van der Waals surface area (Å²) in [6.07, 6.45) is 0.382. The number of hydrogen-bond acceptors (Lipinski definition) is 2. The first-order chi connectivity index (χ1) is 5.11. The molecule has 1 aliphatic heterocycles. The van der Waals surface area contributed by atoms with Crippen molar-refractivity contribution in [2.24, 2.45) is 5.92 Å². The van der Waals surface area contributed by atoms with Gasteiger partial charge in [-0.05, 0) is 12.8 Å². The molecule has 0 amide bonds. The Kier molecular flexibility index (Phi) is 2.90. The summed E-state index contributed by atoms with van der Waals surface area (Å²) in [7, 11) is 0. The van der Waals surface area contributed by atoms with Crippen LogP contribution in [0.1, 0.15) is 27.7 Å². The van der Waals surface area contributed by atoms with Crippen LogP contribution in [0.2, 0.25) is 0 Å². The summed E-state index contributed by atoms with van der Waals surface area (Å²) in [5, 5.41) is 3.52. The fraction of sp³-hybridized carbons (Fsp3) is 1.00. The van der Waals surface area contributed by atoms with E-state index in [1.54, 1.807) is 0 Å². The Morgan fingerprint density at radius 3 is 2.36 bits per heavy atom. The molecule has 2 heteroatoms. The van der Waals surface area contributed by atoms with E-state index < -0.39 is 0 Å². The lowest BCUT2D eigenvalue weighted by Crippen LogP contribution is -2.42. The molecule has 66 valence electrons. The third kappa shape index (κ3) is 2.17. The van der Waals surface area contributed by atoms with E-state index in [9.17, 15) is 0 Å². The van der Waals surface area contributed by atoms with E-state index in [-0.39, 0.29) is 0 Å². The highest BCUT2D eigenvalue weighted by molar-refractivity contribution is 4.85. The summed E-state index contributed by atoms with van der Waals surface area (Å²) in [5.41, 5.74) is 0. The van der Waals surface area contributed by atoms with Crippen LogP contribution < -0.4 is 5.32 Å². The number of ether oxygens (including phenoxy) is 1. The molecular formula is C9H19NO. The van der Waals surface area contributed by atoms with Gasteiger partial charge in [-0.3, -0.25) is 0 Å². The van der Waals surface area contributed by atoms with Gasteiger partial charge in [0.15, 0.2) is 0 Å². The molecular weight excluding hydrogens is 138 g/mol. The van der Waals surface area contributed by atoms with E-state index in [2.05, 4.69) is 33.0 Å². The Bertz CT molecular complexity index is 115. The maximum absolute atomic E-state index is 5.52. The van der Waals surface area contributed by atoms with Crippen molar-refractivity contribution in [3.05, 3.63) is 0 Å². The first-order valence-corrected chi connectivity index (χ1v) is 4.49. The minimum atomic E-state index is 0.382. The highest BCUT2D eigenvalue weighted by atomic mass is 16.5. The number of hydrogen-bond donors (Lipinski definition) is 1. The Morgan fingerprint density at radius 1 is 1.36 bits per heavy atom. The van der Waals surface area contributed by atoms with Crippen LogP contribution in [0.5, 0.6) is 0 Å². The van der Waals surface area contributed by atoms with Gasteiger partial charge in [-0.15, -0.1) is 0 Å². The molecule has 0 radical (unpaired) electrons. The zero-order valence-corrected chi connectivity index (χ0v) is 7.92. The number of rotatable bonds is 2. The molecule has 0 bridgehead atoms. The highest BCUT2D eigenvalue weighted by Gasteiger charge is 2.30. The highest BCUT2D eigenvalue weighted by Crippen LogP contribution is 2.19. The normalized spacial score (nSPS) is 38.5. The first-order valence-electron chi connectivity index (χ1n) is 4.49. The Balaban J connectivity index is 2.41. The molecule has 1 saturated heterocycles. The third-order valence-electron chi connectivity index (χ3n) is 2.27. The Labute approximate surface area is 69.3 Å². The maximum atomic E-state index is 5.52. The zero-order valence-electron chi connectivity index (χ0n) is 7.92. The largest absolute Gasteiger partial charge is 0.377 e. The second-order valence-electron chi connectivity index (χ2n) is 3.86. The molecule has 2 nitrogen and oxygen atoms in total. The molecule has 0 saturated carbocycles. The topological polar surface area (TPSA) is 21.3 Å². The minimum Gasteiger partial charge on any atom is -0.377 e. The molecule has 0 aliphatic carbocycles. The van der Waals surface area contributed by atoms with Gasteiger partial charge in [-0.2, -0.15) is 0 Å². The van der Waals surface area contributed by atoms with E-state index in [4.69, 9.17) is 4.74 Å². The molecule has 11 heavy (non-hydrogen) atoms. The second kappa shape index (κ2) is 3.55. The van der Waals surface area contributed by atoms with Crippen LogP contribution >= 0.6 is 0 Å². The Morgan fingerprint density at radius 2 is 2.00 bits per heavy atom. The summed E-state index contributed by atoms with van der Waals surface area (Å²) in [6.45, 7) is 9.65.